The van der Waals surface area contributed by atoms with Crippen molar-refractivity contribution in [2.75, 3.05) is 12.0 Å². The summed E-state index contributed by atoms with van der Waals surface area (Å²) in [5.41, 5.74) is 4.37. The molecule has 15 heavy (non-hydrogen) atoms. The van der Waals surface area contributed by atoms with Crippen LogP contribution in [0, 0.1) is 6.92 Å². The number of nitrogens with one attached hydrogen (secondary N) is 2. The SMILES string of the molecule is CCCNC(=O)c1cnc(C)cc1NN. The van der Waals surface area contributed by atoms with Crippen molar-refractivity contribution in [1.29, 1.82) is 0 Å². The molecule has 1 amide bonds. The second kappa shape index (κ2) is 5.31. The molecular weight excluding hydrogens is 192 g/mol. The van der Waals surface area contributed by atoms with Crippen molar-refractivity contribution in [3.05, 3.63) is 23.5 Å². The Labute approximate surface area is 89.0 Å². The van der Waals surface area contributed by atoms with E-state index in [0.717, 1.165) is 12.1 Å². The molecule has 82 valence electrons. The number of aromatic nitrogens is 1. The number of carbonyl (C=O) groups excluding carboxylic acids is 1. The van der Waals surface area contributed by atoms with Crippen LogP contribution in [-0.4, -0.2) is 17.4 Å². The molecule has 0 spiro atoms. The van der Waals surface area contributed by atoms with Gasteiger partial charge in [0.05, 0.1) is 11.3 Å². The van der Waals surface area contributed by atoms with Gasteiger partial charge in [0.2, 0.25) is 0 Å². The second-order valence-corrected chi connectivity index (χ2v) is 3.27. The van der Waals surface area contributed by atoms with E-state index in [2.05, 4.69) is 15.7 Å². The Balaban J connectivity index is 2.87. The Morgan fingerprint density at radius 3 is 2.93 bits per heavy atom. The number of nitrogens with two attached hydrogens (primary N) is 1. The van der Waals surface area contributed by atoms with Gasteiger partial charge in [0.25, 0.3) is 5.91 Å². The number of nitrogens with zero attached hydrogens (tertiary/aromatic N) is 1. The Hall–Kier alpha value is -1.62. The molecule has 0 bridgehead atoms. The maximum Gasteiger partial charge on any atom is 0.255 e. The monoisotopic (exact) mass is 208 g/mol. The number of hydrogen-bond acceptors (Lipinski definition) is 4. The van der Waals surface area contributed by atoms with Gasteiger partial charge >= 0.3 is 0 Å². The van der Waals surface area contributed by atoms with E-state index >= 15 is 0 Å². The summed E-state index contributed by atoms with van der Waals surface area (Å²) in [6.45, 7) is 4.49. The van der Waals surface area contributed by atoms with Gasteiger partial charge in [-0.25, -0.2) is 0 Å². The summed E-state index contributed by atoms with van der Waals surface area (Å²) in [4.78, 5) is 15.7. The molecule has 1 aromatic rings. The summed E-state index contributed by atoms with van der Waals surface area (Å²) in [7, 11) is 0. The normalized spacial score (nSPS) is 9.80. The predicted molar refractivity (Wildman–Crippen MR) is 59.4 cm³/mol. The highest BCUT2D eigenvalue weighted by atomic mass is 16.1. The third-order valence-corrected chi connectivity index (χ3v) is 1.98. The minimum Gasteiger partial charge on any atom is -0.352 e. The fourth-order valence-corrected chi connectivity index (χ4v) is 1.19. The van der Waals surface area contributed by atoms with Gasteiger partial charge < -0.3 is 10.7 Å². The summed E-state index contributed by atoms with van der Waals surface area (Å²) >= 11 is 0. The van der Waals surface area contributed by atoms with Crippen molar-refractivity contribution in [1.82, 2.24) is 10.3 Å². The lowest BCUT2D eigenvalue weighted by molar-refractivity contribution is 0.0954. The predicted octanol–water partition coefficient (Wildman–Crippen LogP) is 0.815. The van der Waals surface area contributed by atoms with E-state index in [-0.39, 0.29) is 5.91 Å². The van der Waals surface area contributed by atoms with Gasteiger partial charge in [-0.15, -0.1) is 0 Å². The molecule has 0 fully saturated rings. The van der Waals surface area contributed by atoms with Gasteiger partial charge in [0.15, 0.2) is 0 Å². The number of rotatable bonds is 4. The summed E-state index contributed by atoms with van der Waals surface area (Å²) in [5, 5.41) is 2.77. The van der Waals surface area contributed by atoms with Crippen LogP contribution < -0.4 is 16.6 Å². The summed E-state index contributed by atoms with van der Waals surface area (Å²) in [6.07, 6.45) is 2.42. The first-order valence-electron chi connectivity index (χ1n) is 4.90. The highest BCUT2D eigenvalue weighted by molar-refractivity contribution is 5.99. The number of amides is 1. The van der Waals surface area contributed by atoms with Crippen LogP contribution >= 0.6 is 0 Å². The molecule has 0 aromatic carbocycles. The van der Waals surface area contributed by atoms with Crippen LogP contribution in [0.25, 0.3) is 0 Å². The molecule has 1 aromatic heterocycles. The zero-order chi connectivity index (χ0) is 11.3. The number of anilines is 1. The van der Waals surface area contributed by atoms with Crippen molar-refractivity contribution < 1.29 is 4.79 Å². The molecule has 5 nitrogen and oxygen atoms in total. The maximum absolute atomic E-state index is 11.6. The fraction of sp³-hybridized carbons (Fsp3) is 0.400. The number of aryl methyl sites for hydroxylation is 1. The quantitative estimate of drug-likeness (QED) is 0.505. The molecule has 0 saturated heterocycles. The fourth-order valence-electron chi connectivity index (χ4n) is 1.19. The largest absolute Gasteiger partial charge is 0.352 e. The third-order valence-electron chi connectivity index (χ3n) is 1.98. The Bertz CT molecular complexity index is 351. The lowest BCUT2D eigenvalue weighted by atomic mass is 10.2. The highest BCUT2D eigenvalue weighted by Crippen LogP contribution is 2.13. The molecule has 0 aliphatic carbocycles. The van der Waals surface area contributed by atoms with E-state index in [9.17, 15) is 4.79 Å². The van der Waals surface area contributed by atoms with Crippen molar-refractivity contribution in [3.63, 3.8) is 0 Å². The average molecular weight is 208 g/mol. The Morgan fingerprint density at radius 1 is 1.60 bits per heavy atom. The van der Waals surface area contributed by atoms with Gasteiger partial charge in [-0.05, 0) is 19.4 Å². The summed E-state index contributed by atoms with van der Waals surface area (Å²) < 4.78 is 0. The minimum absolute atomic E-state index is 0.155. The Morgan fingerprint density at radius 2 is 2.33 bits per heavy atom. The minimum atomic E-state index is -0.155. The van der Waals surface area contributed by atoms with Crippen LogP contribution in [0.1, 0.15) is 29.4 Å². The number of carbonyl (C=O) groups is 1. The zero-order valence-electron chi connectivity index (χ0n) is 9.00. The first-order valence-corrected chi connectivity index (χ1v) is 4.90. The molecule has 0 aliphatic heterocycles. The van der Waals surface area contributed by atoms with E-state index in [0.29, 0.717) is 17.8 Å². The standard InChI is InChI=1S/C10H16N4O/c1-3-4-12-10(15)8-6-13-7(2)5-9(8)14-11/h5-6H,3-4,11H2,1-2H3,(H,12,15)(H,13,14). The molecule has 0 atom stereocenters. The van der Waals surface area contributed by atoms with Gasteiger partial charge in [0, 0.05) is 18.4 Å². The molecule has 4 N–H and O–H groups in total. The molecular formula is C10H16N4O. The smallest absolute Gasteiger partial charge is 0.255 e. The number of hydrazine groups is 1. The lowest BCUT2D eigenvalue weighted by Gasteiger charge is -2.09. The van der Waals surface area contributed by atoms with Crippen molar-refractivity contribution in [2.45, 2.75) is 20.3 Å². The van der Waals surface area contributed by atoms with E-state index < -0.39 is 0 Å². The zero-order valence-corrected chi connectivity index (χ0v) is 9.00. The number of pyridine rings is 1. The molecule has 0 unspecified atom stereocenters. The molecule has 5 heteroatoms. The topological polar surface area (TPSA) is 80.0 Å². The van der Waals surface area contributed by atoms with E-state index in [1.807, 2.05) is 13.8 Å². The lowest BCUT2D eigenvalue weighted by Crippen LogP contribution is -2.26. The van der Waals surface area contributed by atoms with Gasteiger partial charge in [-0.2, -0.15) is 0 Å². The van der Waals surface area contributed by atoms with Crippen LogP contribution in [0.3, 0.4) is 0 Å². The van der Waals surface area contributed by atoms with Gasteiger partial charge in [-0.3, -0.25) is 15.6 Å². The number of hydrogen-bond donors (Lipinski definition) is 3. The van der Waals surface area contributed by atoms with Crippen LogP contribution in [0.15, 0.2) is 12.3 Å². The van der Waals surface area contributed by atoms with E-state index in [1.165, 1.54) is 6.20 Å². The summed E-state index contributed by atoms with van der Waals surface area (Å²) in [6, 6.07) is 1.74. The van der Waals surface area contributed by atoms with Gasteiger partial charge in [-0.1, -0.05) is 6.92 Å². The first-order chi connectivity index (χ1) is 7.19. The van der Waals surface area contributed by atoms with Crippen molar-refractivity contribution in [2.24, 2.45) is 5.84 Å². The van der Waals surface area contributed by atoms with Crippen molar-refractivity contribution in [3.8, 4) is 0 Å². The van der Waals surface area contributed by atoms with Crippen LogP contribution in [0.2, 0.25) is 0 Å². The Kier molecular flexibility index (Phi) is 4.05. The summed E-state index contributed by atoms with van der Waals surface area (Å²) in [5.74, 6) is 5.17. The van der Waals surface area contributed by atoms with Crippen LogP contribution in [0.4, 0.5) is 5.69 Å². The second-order valence-electron chi connectivity index (χ2n) is 3.27. The molecule has 1 rings (SSSR count). The molecule has 0 aliphatic rings. The van der Waals surface area contributed by atoms with Crippen molar-refractivity contribution >= 4 is 11.6 Å². The van der Waals surface area contributed by atoms with E-state index in [1.54, 1.807) is 6.07 Å². The molecule has 0 radical (unpaired) electrons. The third kappa shape index (κ3) is 2.92. The van der Waals surface area contributed by atoms with E-state index in [4.69, 9.17) is 5.84 Å². The first kappa shape index (κ1) is 11.5. The highest BCUT2D eigenvalue weighted by Gasteiger charge is 2.10. The molecule has 1 heterocycles. The molecule has 0 saturated carbocycles. The maximum atomic E-state index is 11.6. The van der Waals surface area contributed by atoms with Gasteiger partial charge in [0.1, 0.15) is 0 Å². The average Bonchev–Trinajstić information content (AvgIpc) is 2.25. The van der Waals surface area contributed by atoms with Crippen LogP contribution in [0.5, 0.6) is 0 Å². The number of nitrogen functional groups attached to an aromatic ring is 1. The van der Waals surface area contributed by atoms with Crippen LogP contribution in [-0.2, 0) is 0 Å².